The summed E-state index contributed by atoms with van der Waals surface area (Å²) in [7, 11) is 1.40. The largest absolute Gasteiger partial charge is 0.503 e. The van der Waals surface area contributed by atoms with Gasteiger partial charge in [0.15, 0.2) is 16.9 Å². The molecule has 8 heteroatoms. The van der Waals surface area contributed by atoms with Crippen LogP contribution in [0, 0.1) is 12.7 Å². The quantitative estimate of drug-likeness (QED) is 0.396. The first-order chi connectivity index (χ1) is 15.8. The number of nitrogens with zero attached hydrogens (tertiary/aromatic N) is 1. The molecule has 0 aliphatic carbocycles. The van der Waals surface area contributed by atoms with Gasteiger partial charge in [0.25, 0.3) is 5.91 Å². The maximum Gasteiger partial charge on any atom is 0.295 e. The molecule has 5 rings (SSSR count). The summed E-state index contributed by atoms with van der Waals surface area (Å²) in [5, 5.41) is 10.3. The maximum atomic E-state index is 13.9. The van der Waals surface area contributed by atoms with E-state index in [1.54, 1.807) is 18.2 Å². The third kappa shape index (κ3) is 3.29. The molecule has 4 aromatic rings. The lowest BCUT2D eigenvalue weighted by atomic mass is 9.97. The number of benzene rings is 3. The fourth-order valence-electron chi connectivity index (χ4n) is 4.21. The lowest BCUT2D eigenvalue weighted by molar-refractivity contribution is 0.0971. The number of aryl methyl sites for hydroxylation is 1. The molecule has 0 radical (unpaired) electrons. The van der Waals surface area contributed by atoms with Crippen LogP contribution < -0.4 is 15.1 Å². The predicted molar refractivity (Wildman–Crippen MR) is 125 cm³/mol. The average molecular weight is 510 g/mol. The number of carbonyl (C=O) groups excluding carboxylic acids is 1. The summed E-state index contributed by atoms with van der Waals surface area (Å²) < 4.78 is 25.4. The molecule has 0 saturated carbocycles. The topological polar surface area (TPSA) is 80.0 Å². The molecule has 1 amide bonds. The number of rotatable bonds is 3. The number of amides is 1. The highest BCUT2D eigenvalue weighted by Gasteiger charge is 2.44. The highest BCUT2D eigenvalue weighted by Crippen LogP contribution is 2.45. The molecule has 0 bridgehead atoms. The van der Waals surface area contributed by atoms with Crippen molar-refractivity contribution in [2.24, 2.45) is 0 Å². The second kappa shape index (κ2) is 7.74. The number of aromatic hydroxyl groups is 1. The van der Waals surface area contributed by atoms with Crippen molar-refractivity contribution in [3.8, 4) is 11.5 Å². The van der Waals surface area contributed by atoms with Crippen LogP contribution in [0.1, 0.15) is 33.3 Å². The smallest absolute Gasteiger partial charge is 0.295 e. The van der Waals surface area contributed by atoms with Crippen molar-refractivity contribution in [3.63, 3.8) is 0 Å². The van der Waals surface area contributed by atoms with Crippen LogP contribution in [0.25, 0.3) is 11.0 Å². The fraction of sp³-hybridized carbons (Fsp3) is 0.120. The second-order valence-electron chi connectivity index (χ2n) is 7.78. The number of anilines is 1. The number of hydrogen-bond donors (Lipinski definition) is 1. The highest BCUT2D eigenvalue weighted by atomic mass is 79.9. The van der Waals surface area contributed by atoms with Crippen LogP contribution in [-0.4, -0.2) is 18.1 Å². The number of phenolic OH excluding ortho intramolecular Hbond substituents is 1. The third-order valence-corrected chi connectivity index (χ3v) is 6.30. The van der Waals surface area contributed by atoms with Crippen LogP contribution in [0.5, 0.6) is 11.5 Å². The van der Waals surface area contributed by atoms with Crippen LogP contribution in [0.15, 0.2) is 68.3 Å². The van der Waals surface area contributed by atoms with Gasteiger partial charge < -0.3 is 14.3 Å². The van der Waals surface area contributed by atoms with E-state index >= 15 is 0 Å². The van der Waals surface area contributed by atoms with E-state index in [-0.39, 0.29) is 33.8 Å². The number of ether oxygens (including phenoxy) is 1. The van der Waals surface area contributed by atoms with Crippen molar-refractivity contribution < 1.29 is 23.4 Å². The molecular formula is C25H17BrFNO5. The summed E-state index contributed by atoms with van der Waals surface area (Å²) in [6.45, 7) is 1.90. The van der Waals surface area contributed by atoms with Crippen molar-refractivity contribution >= 4 is 38.5 Å². The number of methoxy groups -OCH3 is 1. The van der Waals surface area contributed by atoms with Crippen LogP contribution in [0.4, 0.5) is 10.1 Å². The summed E-state index contributed by atoms with van der Waals surface area (Å²) in [5.74, 6) is -1.12. The van der Waals surface area contributed by atoms with E-state index in [4.69, 9.17) is 9.15 Å². The first-order valence-corrected chi connectivity index (χ1v) is 10.8. The lowest BCUT2D eigenvalue weighted by Gasteiger charge is -2.26. The standard InChI is InChI=1S/C25H17BrFNO5/c1-12-4-3-5-15(8-12)28-21(13-9-17(26)23(30)19(10-13)32-2)20-22(29)16-11-14(27)6-7-18(16)33-24(20)25(28)31/h3-11,21,30H,1-2H3. The Morgan fingerprint density at radius 3 is 2.64 bits per heavy atom. The molecule has 1 atom stereocenters. The normalized spacial score (nSPS) is 15.2. The second-order valence-corrected chi connectivity index (χ2v) is 8.64. The van der Waals surface area contributed by atoms with Gasteiger partial charge in [0.1, 0.15) is 11.4 Å². The number of carbonyl (C=O) groups is 1. The minimum absolute atomic E-state index is 0.0439. The number of halogens is 2. The van der Waals surface area contributed by atoms with Gasteiger partial charge in [-0.05, 0) is 76.4 Å². The lowest BCUT2D eigenvalue weighted by Crippen LogP contribution is -2.29. The first kappa shape index (κ1) is 21.2. The van der Waals surface area contributed by atoms with E-state index in [9.17, 15) is 19.1 Å². The van der Waals surface area contributed by atoms with Crippen LogP contribution in [0.3, 0.4) is 0 Å². The minimum Gasteiger partial charge on any atom is -0.503 e. The molecule has 1 aliphatic heterocycles. The Morgan fingerprint density at radius 1 is 1.12 bits per heavy atom. The van der Waals surface area contributed by atoms with Gasteiger partial charge in [-0.2, -0.15) is 0 Å². The third-order valence-electron chi connectivity index (χ3n) is 5.70. The Morgan fingerprint density at radius 2 is 1.91 bits per heavy atom. The van der Waals surface area contributed by atoms with Gasteiger partial charge in [0.2, 0.25) is 5.76 Å². The number of phenols is 1. The maximum absolute atomic E-state index is 13.9. The Bertz CT molecular complexity index is 1510. The van der Waals surface area contributed by atoms with E-state index in [0.29, 0.717) is 15.7 Å². The van der Waals surface area contributed by atoms with E-state index in [2.05, 4.69) is 15.9 Å². The van der Waals surface area contributed by atoms with Crippen LogP contribution in [-0.2, 0) is 0 Å². The Balaban J connectivity index is 1.85. The molecule has 1 aromatic heterocycles. The average Bonchev–Trinajstić information content (AvgIpc) is 3.08. The van der Waals surface area contributed by atoms with Gasteiger partial charge in [0, 0.05) is 5.69 Å². The van der Waals surface area contributed by atoms with Crippen molar-refractivity contribution in [2.75, 3.05) is 12.0 Å². The highest BCUT2D eigenvalue weighted by molar-refractivity contribution is 9.10. The molecule has 0 fully saturated rings. The Hall–Kier alpha value is -3.65. The van der Waals surface area contributed by atoms with E-state index in [1.165, 1.54) is 24.1 Å². The zero-order chi connectivity index (χ0) is 23.4. The molecule has 2 heterocycles. The van der Waals surface area contributed by atoms with E-state index < -0.39 is 23.2 Å². The molecule has 1 aliphatic rings. The van der Waals surface area contributed by atoms with Gasteiger partial charge in [-0.15, -0.1) is 0 Å². The fourth-order valence-corrected chi connectivity index (χ4v) is 4.67. The Labute approximate surface area is 196 Å². The molecule has 0 saturated heterocycles. The van der Waals surface area contributed by atoms with Gasteiger partial charge in [-0.25, -0.2) is 4.39 Å². The number of fused-ring (bicyclic) bond motifs is 2. The van der Waals surface area contributed by atoms with Gasteiger partial charge >= 0.3 is 0 Å². The van der Waals surface area contributed by atoms with Crippen molar-refractivity contribution in [2.45, 2.75) is 13.0 Å². The zero-order valence-electron chi connectivity index (χ0n) is 17.6. The summed E-state index contributed by atoms with van der Waals surface area (Å²) in [6.07, 6.45) is 0. The molecule has 1 N–H and O–H groups in total. The summed E-state index contributed by atoms with van der Waals surface area (Å²) in [4.78, 5) is 28.6. The van der Waals surface area contributed by atoms with Crippen molar-refractivity contribution in [1.29, 1.82) is 0 Å². The molecule has 33 heavy (non-hydrogen) atoms. The van der Waals surface area contributed by atoms with E-state index in [0.717, 1.165) is 11.6 Å². The van der Waals surface area contributed by atoms with Gasteiger partial charge in [-0.1, -0.05) is 12.1 Å². The van der Waals surface area contributed by atoms with Crippen LogP contribution >= 0.6 is 15.9 Å². The van der Waals surface area contributed by atoms with Crippen molar-refractivity contribution in [3.05, 3.63) is 97.6 Å². The zero-order valence-corrected chi connectivity index (χ0v) is 19.1. The van der Waals surface area contributed by atoms with Gasteiger partial charge in [0.05, 0.1) is 28.6 Å². The summed E-state index contributed by atoms with van der Waals surface area (Å²) >= 11 is 3.31. The molecule has 166 valence electrons. The van der Waals surface area contributed by atoms with Gasteiger partial charge in [-0.3, -0.25) is 14.5 Å². The Kier molecular flexibility index (Phi) is 4.97. The summed E-state index contributed by atoms with van der Waals surface area (Å²) in [5.41, 5.74) is 1.72. The first-order valence-electron chi connectivity index (χ1n) is 10.0. The molecule has 0 spiro atoms. The molecule has 1 unspecified atom stereocenters. The summed E-state index contributed by atoms with van der Waals surface area (Å²) in [6, 6.07) is 13.2. The predicted octanol–water partition coefficient (Wildman–Crippen LogP) is 5.47. The minimum atomic E-state index is -0.885. The number of hydrogen-bond acceptors (Lipinski definition) is 5. The monoisotopic (exact) mass is 509 g/mol. The molecule has 3 aromatic carbocycles. The molecular weight excluding hydrogens is 493 g/mol. The van der Waals surface area contributed by atoms with Crippen molar-refractivity contribution in [1.82, 2.24) is 0 Å². The van der Waals surface area contributed by atoms with E-state index in [1.807, 2.05) is 25.1 Å². The van der Waals surface area contributed by atoms with Crippen LogP contribution in [0.2, 0.25) is 0 Å². The molecule has 6 nitrogen and oxygen atoms in total. The SMILES string of the molecule is COc1cc(C2c3c(oc4ccc(F)cc4c3=O)C(=O)N2c2cccc(C)c2)cc(Br)c1O.